The third kappa shape index (κ3) is 4.20. The number of ether oxygens (including phenoxy) is 1. The Hall–Kier alpha value is -1.90. The molecule has 29 heavy (non-hydrogen) atoms. The highest BCUT2D eigenvalue weighted by atomic mass is 32.2. The number of rotatable bonds is 4. The van der Waals surface area contributed by atoms with Gasteiger partial charge >= 0.3 is 0 Å². The highest BCUT2D eigenvalue weighted by Gasteiger charge is 2.43. The summed E-state index contributed by atoms with van der Waals surface area (Å²) < 4.78 is 36.9. The molecule has 0 N–H and O–H groups in total. The maximum atomic E-state index is 13.5. The molecule has 0 aliphatic carbocycles. The molecular formula is C21H30N4O3S. The van der Waals surface area contributed by atoms with E-state index in [2.05, 4.69) is 23.8 Å². The molecule has 2 aromatic rings. The van der Waals surface area contributed by atoms with Crippen LogP contribution < -0.4 is 4.74 Å². The molecule has 2 aliphatic rings. The average Bonchev–Trinajstić information content (AvgIpc) is 2.94. The Balaban J connectivity index is 1.63. The molecule has 0 spiro atoms. The summed E-state index contributed by atoms with van der Waals surface area (Å²) in [4.78, 5) is 2.67. The number of aryl methyl sites for hydroxylation is 1. The smallest absolute Gasteiger partial charge is 0.247 e. The number of aromatic nitrogens is 2. The van der Waals surface area contributed by atoms with Crippen molar-refractivity contribution in [1.82, 2.24) is 19.0 Å². The van der Waals surface area contributed by atoms with Crippen LogP contribution in [0.25, 0.3) is 0 Å². The van der Waals surface area contributed by atoms with Gasteiger partial charge in [-0.3, -0.25) is 9.58 Å². The van der Waals surface area contributed by atoms with Gasteiger partial charge in [-0.05, 0) is 30.9 Å². The lowest BCUT2D eigenvalue weighted by molar-refractivity contribution is 0.108. The van der Waals surface area contributed by atoms with Crippen molar-refractivity contribution in [3.05, 3.63) is 42.2 Å². The first-order chi connectivity index (χ1) is 13.8. The van der Waals surface area contributed by atoms with Crippen LogP contribution in [0.2, 0.25) is 0 Å². The minimum absolute atomic E-state index is 0.147. The van der Waals surface area contributed by atoms with Crippen molar-refractivity contribution in [2.75, 3.05) is 19.6 Å². The number of para-hydroxylation sites is 1. The second kappa shape index (κ2) is 8.08. The monoisotopic (exact) mass is 418 g/mol. The van der Waals surface area contributed by atoms with Gasteiger partial charge < -0.3 is 4.74 Å². The fourth-order valence-corrected chi connectivity index (χ4v) is 6.34. The van der Waals surface area contributed by atoms with E-state index in [1.807, 2.05) is 30.2 Å². The normalized spacial score (nSPS) is 25.0. The zero-order chi connectivity index (χ0) is 20.6. The largest absolute Gasteiger partial charge is 0.487 e. The van der Waals surface area contributed by atoms with E-state index in [1.165, 1.54) is 5.56 Å². The number of hydrogen-bond donors (Lipinski definition) is 0. The summed E-state index contributed by atoms with van der Waals surface area (Å²) in [5, 5.41) is 4.26. The maximum Gasteiger partial charge on any atom is 0.247 e. The molecule has 7 nitrogen and oxygen atoms in total. The third-order valence-corrected chi connectivity index (χ3v) is 7.62. The molecule has 3 heterocycles. The van der Waals surface area contributed by atoms with E-state index in [0.717, 1.165) is 32.5 Å². The molecule has 0 unspecified atom stereocenters. The van der Waals surface area contributed by atoms with E-state index in [1.54, 1.807) is 22.5 Å². The highest BCUT2D eigenvalue weighted by molar-refractivity contribution is 7.89. The minimum Gasteiger partial charge on any atom is -0.487 e. The zero-order valence-corrected chi connectivity index (χ0v) is 18.2. The van der Waals surface area contributed by atoms with Crippen LogP contribution in [0.3, 0.4) is 0 Å². The molecule has 1 aromatic heterocycles. The summed E-state index contributed by atoms with van der Waals surface area (Å²) in [5.74, 6) is 0.722. The van der Waals surface area contributed by atoms with E-state index in [4.69, 9.17) is 4.74 Å². The van der Waals surface area contributed by atoms with E-state index in [9.17, 15) is 8.42 Å². The molecular weight excluding hydrogens is 388 g/mol. The topological polar surface area (TPSA) is 67.7 Å². The summed E-state index contributed by atoms with van der Waals surface area (Å²) in [7, 11) is -1.68. The number of sulfonamides is 1. The Bertz CT molecular complexity index is 956. The van der Waals surface area contributed by atoms with Crippen LogP contribution in [0, 0.1) is 5.92 Å². The van der Waals surface area contributed by atoms with Gasteiger partial charge in [-0.1, -0.05) is 26.0 Å². The molecule has 1 aromatic carbocycles. The van der Waals surface area contributed by atoms with Crippen LogP contribution in [-0.4, -0.2) is 59.2 Å². The second-order valence-corrected chi connectivity index (χ2v) is 10.4. The standard InChI is InChI=1S/C21H30N4O3S/c1-16(2)13-25-18-8-10-24(15-17-12-22-23(3)14-17)11-9-19(18)28-20-6-4-5-7-21(20)29(25,26)27/h4-7,12,14,16,18-19H,8-11,13,15H2,1-3H3/t18-,19-/m0/s1. The first kappa shape index (κ1) is 20.4. The van der Waals surface area contributed by atoms with Crippen molar-refractivity contribution in [3.8, 4) is 5.75 Å². The van der Waals surface area contributed by atoms with Crippen LogP contribution in [-0.2, 0) is 23.6 Å². The number of hydrogen-bond acceptors (Lipinski definition) is 5. The summed E-state index contributed by atoms with van der Waals surface area (Å²) in [6.07, 6.45) is 5.33. The zero-order valence-electron chi connectivity index (χ0n) is 17.4. The van der Waals surface area contributed by atoms with Gasteiger partial charge in [0.05, 0.1) is 12.2 Å². The lowest BCUT2D eigenvalue weighted by atomic mass is 10.0. The number of likely N-dealkylation sites (tertiary alicyclic amines) is 1. The molecule has 0 bridgehead atoms. The Morgan fingerprint density at radius 1 is 1.21 bits per heavy atom. The molecule has 0 radical (unpaired) electrons. The molecule has 158 valence electrons. The van der Waals surface area contributed by atoms with Gasteiger partial charge in [0.2, 0.25) is 10.0 Å². The second-order valence-electron chi connectivity index (χ2n) is 8.51. The van der Waals surface area contributed by atoms with Gasteiger partial charge in [-0.2, -0.15) is 9.40 Å². The molecule has 1 fully saturated rings. The van der Waals surface area contributed by atoms with Gasteiger partial charge in [0.25, 0.3) is 0 Å². The van der Waals surface area contributed by atoms with Gasteiger partial charge in [0, 0.05) is 45.0 Å². The van der Waals surface area contributed by atoms with E-state index in [-0.39, 0.29) is 18.1 Å². The lowest BCUT2D eigenvalue weighted by Crippen LogP contribution is -2.48. The van der Waals surface area contributed by atoms with E-state index in [0.29, 0.717) is 17.2 Å². The Morgan fingerprint density at radius 2 is 1.97 bits per heavy atom. The van der Waals surface area contributed by atoms with Gasteiger partial charge in [-0.25, -0.2) is 8.42 Å². The predicted octanol–water partition coefficient (Wildman–Crippen LogP) is 2.49. The molecule has 2 atom stereocenters. The molecule has 4 rings (SSSR count). The number of nitrogens with zero attached hydrogens (tertiary/aromatic N) is 4. The fraction of sp³-hybridized carbons (Fsp3) is 0.571. The van der Waals surface area contributed by atoms with E-state index < -0.39 is 10.0 Å². The fourth-order valence-electron chi connectivity index (χ4n) is 4.37. The van der Waals surface area contributed by atoms with Crippen LogP contribution in [0.15, 0.2) is 41.6 Å². The van der Waals surface area contributed by atoms with Crippen LogP contribution in [0.4, 0.5) is 0 Å². The van der Waals surface area contributed by atoms with E-state index >= 15 is 0 Å². The first-order valence-corrected chi connectivity index (χ1v) is 11.8. The van der Waals surface area contributed by atoms with Crippen molar-refractivity contribution in [1.29, 1.82) is 0 Å². The minimum atomic E-state index is -3.60. The number of fused-ring (bicyclic) bond motifs is 2. The maximum absolute atomic E-state index is 13.5. The summed E-state index contributed by atoms with van der Waals surface area (Å²) in [6.45, 7) is 7.15. The van der Waals surface area contributed by atoms with Crippen LogP contribution >= 0.6 is 0 Å². The van der Waals surface area contributed by atoms with Crippen molar-refractivity contribution < 1.29 is 13.2 Å². The summed E-state index contributed by atoms with van der Waals surface area (Å²) >= 11 is 0. The molecule has 0 amide bonds. The SMILES string of the molecule is CC(C)CN1[C@H]2CCN(Cc3cnn(C)c3)CC[C@@H]2Oc2ccccc2S1(=O)=O. The first-order valence-electron chi connectivity index (χ1n) is 10.3. The molecule has 2 aliphatic heterocycles. The van der Waals surface area contributed by atoms with Crippen LogP contribution in [0.1, 0.15) is 32.3 Å². The van der Waals surface area contributed by atoms with Crippen molar-refractivity contribution >= 4 is 10.0 Å². The summed E-state index contributed by atoms with van der Waals surface area (Å²) in [6, 6.07) is 6.89. The van der Waals surface area contributed by atoms with Crippen molar-refractivity contribution in [2.45, 2.75) is 50.3 Å². The number of benzene rings is 1. The van der Waals surface area contributed by atoms with Crippen molar-refractivity contribution in [2.24, 2.45) is 13.0 Å². The molecule has 1 saturated heterocycles. The molecule has 8 heteroatoms. The Morgan fingerprint density at radius 3 is 2.69 bits per heavy atom. The highest BCUT2D eigenvalue weighted by Crippen LogP contribution is 2.36. The van der Waals surface area contributed by atoms with Gasteiger partial charge in [-0.15, -0.1) is 0 Å². The average molecular weight is 419 g/mol. The lowest BCUT2D eigenvalue weighted by Gasteiger charge is -2.32. The van der Waals surface area contributed by atoms with Crippen LogP contribution in [0.5, 0.6) is 5.75 Å². The van der Waals surface area contributed by atoms with Crippen molar-refractivity contribution in [3.63, 3.8) is 0 Å². The van der Waals surface area contributed by atoms with Gasteiger partial charge in [0.1, 0.15) is 16.7 Å². The summed E-state index contributed by atoms with van der Waals surface area (Å²) in [5.41, 5.74) is 1.17. The Kier molecular flexibility index (Phi) is 5.68. The van der Waals surface area contributed by atoms with Gasteiger partial charge in [0.15, 0.2) is 0 Å². The third-order valence-electron chi connectivity index (χ3n) is 5.69. The molecule has 0 saturated carbocycles. The predicted molar refractivity (Wildman–Crippen MR) is 111 cm³/mol. The Labute approximate surface area is 173 Å². The quantitative estimate of drug-likeness (QED) is 0.763.